The number of imidazole rings is 1. The predicted molar refractivity (Wildman–Crippen MR) is 295 cm³/mol. The van der Waals surface area contributed by atoms with Crippen LogP contribution in [0.1, 0.15) is 76.6 Å². The van der Waals surface area contributed by atoms with Gasteiger partial charge < -0.3 is 74.9 Å². The lowest BCUT2D eigenvalue weighted by molar-refractivity contribution is -0.145. The Bertz CT molecular complexity index is 2540. The first-order valence-corrected chi connectivity index (χ1v) is 26.6. The van der Waals surface area contributed by atoms with E-state index in [9.17, 15) is 53.4 Å². The third kappa shape index (κ3) is 18.9. The van der Waals surface area contributed by atoms with Crippen molar-refractivity contribution in [3.05, 3.63) is 78.9 Å². The first-order chi connectivity index (χ1) is 35.9. The van der Waals surface area contributed by atoms with E-state index in [2.05, 4.69) is 46.9 Å². The number of hydrogen-bond donors (Lipinski definition) is 13. The Hall–Kier alpha value is -6.63. The van der Waals surface area contributed by atoms with Crippen LogP contribution in [0.2, 0.25) is 0 Å². The Morgan fingerprint density at radius 1 is 0.750 bits per heavy atom. The van der Waals surface area contributed by atoms with Crippen molar-refractivity contribution in [3.8, 4) is 5.75 Å². The van der Waals surface area contributed by atoms with Gasteiger partial charge in [-0.15, -0.1) is 0 Å². The summed E-state index contributed by atoms with van der Waals surface area (Å²) in [6, 6.07) is 1.53. The Balaban J connectivity index is 1.61. The number of amides is 8. The smallest absolute Gasteiger partial charge is 0.326 e. The second kappa shape index (κ2) is 29.6. The molecule has 1 aromatic heterocycles. The Kier molecular flexibility index (Phi) is 24.1. The summed E-state index contributed by atoms with van der Waals surface area (Å²) < 4.78 is 0.889. The number of aromatic hydroxyl groups is 1. The van der Waals surface area contributed by atoms with E-state index in [4.69, 9.17) is 22.9 Å². The Morgan fingerprint density at radius 3 is 1.86 bits per heavy atom. The van der Waals surface area contributed by atoms with E-state index in [1.54, 1.807) is 70.2 Å². The van der Waals surface area contributed by atoms with Gasteiger partial charge in [0.05, 0.1) is 25.9 Å². The molecule has 8 amide bonds. The van der Waals surface area contributed by atoms with E-state index < -0.39 is 120 Å². The highest BCUT2D eigenvalue weighted by atomic mass is 127. The van der Waals surface area contributed by atoms with Crippen LogP contribution in [-0.4, -0.2) is 146 Å². The van der Waals surface area contributed by atoms with Gasteiger partial charge in [-0.05, 0) is 106 Å². The summed E-state index contributed by atoms with van der Waals surface area (Å²) in [4.78, 5) is 135. The van der Waals surface area contributed by atoms with Crippen molar-refractivity contribution in [1.29, 1.82) is 0 Å². The van der Waals surface area contributed by atoms with Gasteiger partial charge in [0, 0.05) is 44.2 Å². The van der Waals surface area contributed by atoms with Crippen molar-refractivity contribution >= 4 is 104 Å². The molecule has 1 aliphatic rings. The minimum atomic E-state index is -1.43. The van der Waals surface area contributed by atoms with Crippen LogP contribution in [0.25, 0.3) is 0 Å². The van der Waals surface area contributed by atoms with Crippen LogP contribution < -0.4 is 54.8 Å². The molecule has 0 radical (unpaired) electrons. The molecule has 27 heteroatoms. The number of halogens is 2. The first-order valence-electron chi connectivity index (χ1n) is 24.5. The molecular weight excluding hydrogens is 1210 g/mol. The zero-order valence-corrected chi connectivity index (χ0v) is 46.8. The topological polar surface area (TPSA) is 415 Å². The normalized spacial score (nSPS) is 16.0. The molecule has 2 heterocycles. The minimum Gasteiger partial charge on any atom is -0.506 e. The molecule has 0 spiro atoms. The molecule has 1 aliphatic heterocycles. The van der Waals surface area contributed by atoms with Gasteiger partial charge in [0.15, 0.2) is 5.96 Å². The van der Waals surface area contributed by atoms with E-state index >= 15 is 0 Å². The van der Waals surface area contributed by atoms with Gasteiger partial charge >= 0.3 is 5.97 Å². The molecular formula is C49H68I2N14O11. The summed E-state index contributed by atoms with van der Waals surface area (Å²) in [5.41, 5.74) is 23.6. The van der Waals surface area contributed by atoms with Crippen LogP contribution in [0.4, 0.5) is 0 Å². The fraction of sp³-hybridized carbons (Fsp3) is 0.490. The van der Waals surface area contributed by atoms with Crippen LogP contribution in [0, 0.1) is 19.0 Å². The molecule has 1 fully saturated rings. The molecule has 0 unspecified atom stereocenters. The number of carbonyl (C=O) groups is 9. The number of aliphatic imine (C=N–C) groups is 1. The number of hydrogen-bond acceptors (Lipinski definition) is 13. The third-order valence-electron chi connectivity index (χ3n) is 12.3. The summed E-state index contributed by atoms with van der Waals surface area (Å²) in [6.45, 7) is 6.78. The van der Waals surface area contributed by atoms with E-state index in [0.29, 0.717) is 30.4 Å². The number of aromatic nitrogens is 2. The quantitative estimate of drug-likeness (QED) is 0.0178. The molecule has 8 atom stereocenters. The van der Waals surface area contributed by atoms with Gasteiger partial charge in [-0.25, -0.2) is 9.78 Å². The number of nitrogens with one attached hydrogen (secondary N) is 7. The van der Waals surface area contributed by atoms with Crippen molar-refractivity contribution in [3.63, 3.8) is 0 Å². The summed E-state index contributed by atoms with van der Waals surface area (Å²) >= 11 is 3.84. The van der Waals surface area contributed by atoms with Gasteiger partial charge in [0.2, 0.25) is 47.3 Å². The van der Waals surface area contributed by atoms with E-state index in [1.165, 1.54) is 17.4 Å². The van der Waals surface area contributed by atoms with Gasteiger partial charge in [-0.2, -0.15) is 0 Å². The third-order valence-corrected chi connectivity index (χ3v) is 14.0. The number of aromatic amines is 1. The molecule has 4 rings (SSSR count). The molecule has 414 valence electrons. The number of H-pyrrole nitrogens is 1. The number of phenols is 1. The summed E-state index contributed by atoms with van der Waals surface area (Å²) in [5.74, 6) is -9.00. The second-order valence-corrected chi connectivity index (χ2v) is 21.4. The molecule has 1 saturated heterocycles. The van der Waals surface area contributed by atoms with Crippen LogP contribution in [0.3, 0.4) is 0 Å². The minimum absolute atomic E-state index is 0.000933. The van der Waals surface area contributed by atoms with Gasteiger partial charge in [-0.3, -0.25) is 43.3 Å². The predicted octanol–water partition coefficient (Wildman–Crippen LogP) is -1.09. The van der Waals surface area contributed by atoms with Crippen LogP contribution in [0.15, 0.2) is 60.0 Å². The molecule has 0 saturated carbocycles. The maximum absolute atomic E-state index is 14.6. The molecule has 0 aliphatic carbocycles. The van der Waals surface area contributed by atoms with Gasteiger partial charge in [0.25, 0.3) is 0 Å². The largest absolute Gasteiger partial charge is 0.506 e. The van der Waals surface area contributed by atoms with E-state index in [-0.39, 0.29) is 63.3 Å². The number of nitrogens with two attached hydrogens (primary N) is 4. The average Bonchev–Trinajstić information content (AvgIpc) is 4.07. The number of aliphatic carboxylic acids is 1. The fourth-order valence-corrected chi connectivity index (χ4v) is 10.2. The standard InChI is InChI=1S/C49H68I2N14O11/c1-24(2)38(63-42(69)32(12-8-14-57-49(54)55)59-41(68)31(52)21-37(53)66)45(72)60-33(19-27-16-29(50)40(67)30(51)17-27)43(70)64-39(25(3)4)46(73)61-34(20-28-22-56-23-58-28)47(74)65-15-9-13-36(65)44(71)62-35(48(75)76)18-26-10-6-5-7-11-26/h5-7,10-11,16-17,22-25,31-36,38-39,67H,8-9,12-15,18-21,52H2,1-4H3,(H2,53,66)(H,56,58)(H,59,68)(H,60,72)(H,61,73)(H,62,71)(H,63,69)(H,64,70)(H,75,76)(H4,54,55,57)/t31-,32-,33-,34-,35-,36-,38-,39-/m0/s1. The highest BCUT2D eigenvalue weighted by Crippen LogP contribution is 2.28. The van der Waals surface area contributed by atoms with E-state index in [0.717, 1.165) is 0 Å². The lowest BCUT2D eigenvalue weighted by Crippen LogP contribution is -2.62. The summed E-state index contributed by atoms with van der Waals surface area (Å²) in [6.07, 6.45) is 2.85. The van der Waals surface area contributed by atoms with Crippen molar-refractivity contribution in [1.82, 2.24) is 46.8 Å². The number of carbonyl (C=O) groups excluding carboxylic acids is 8. The zero-order valence-electron chi connectivity index (χ0n) is 42.5. The monoisotopic (exact) mass is 1280 g/mol. The van der Waals surface area contributed by atoms with Crippen LogP contribution in [0.5, 0.6) is 5.75 Å². The lowest BCUT2D eigenvalue weighted by Gasteiger charge is -2.31. The highest BCUT2D eigenvalue weighted by Gasteiger charge is 2.41. The number of phenolic OH excluding ortho intramolecular Hbond substituents is 1. The van der Waals surface area contributed by atoms with Crippen LogP contribution >= 0.6 is 45.2 Å². The zero-order chi connectivity index (χ0) is 56.4. The summed E-state index contributed by atoms with van der Waals surface area (Å²) in [7, 11) is 0. The number of likely N-dealkylation sites (tertiary alicyclic amines) is 1. The number of primary amides is 1. The number of carboxylic acids is 1. The van der Waals surface area contributed by atoms with Gasteiger partial charge in [0.1, 0.15) is 48.0 Å². The fourth-order valence-electron chi connectivity index (χ4n) is 8.28. The molecule has 17 N–H and O–H groups in total. The first kappa shape index (κ1) is 61.9. The molecule has 3 aromatic rings. The molecule has 0 bridgehead atoms. The van der Waals surface area contributed by atoms with Crippen molar-refractivity contribution in [2.45, 2.75) is 127 Å². The maximum atomic E-state index is 14.6. The summed E-state index contributed by atoms with van der Waals surface area (Å²) in [5, 5.41) is 36.6. The van der Waals surface area contributed by atoms with Crippen molar-refractivity contribution in [2.24, 2.45) is 39.8 Å². The molecule has 2 aromatic carbocycles. The van der Waals surface area contributed by atoms with E-state index in [1.807, 2.05) is 45.2 Å². The van der Waals surface area contributed by atoms with Crippen molar-refractivity contribution in [2.75, 3.05) is 13.1 Å². The van der Waals surface area contributed by atoms with Crippen molar-refractivity contribution < 1.29 is 53.4 Å². The second-order valence-electron chi connectivity index (χ2n) is 19.0. The van der Waals surface area contributed by atoms with Gasteiger partial charge in [-0.1, -0.05) is 58.0 Å². The molecule has 76 heavy (non-hydrogen) atoms. The number of benzene rings is 2. The number of nitrogens with zero attached hydrogens (tertiary/aromatic N) is 3. The SMILES string of the molecule is CC(C)[C@H](NC(=O)[C@H](CCCN=C(N)N)NC(=O)[C@@H](N)CC(N)=O)C(=O)N[C@@H](Cc1cc(I)c(O)c(I)c1)C(=O)N[C@H](C(=O)N[C@@H](Cc1cnc[nH]1)C(=O)N1CCC[C@H]1C(=O)N[C@@H](Cc1ccccc1)C(=O)O)C(C)C. The Labute approximate surface area is 466 Å². The highest BCUT2D eigenvalue weighted by molar-refractivity contribution is 14.1. The number of rotatable bonds is 28. The lowest BCUT2D eigenvalue weighted by atomic mass is 9.98. The molecule has 25 nitrogen and oxygen atoms in total. The Morgan fingerprint density at radius 2 is 1.32 bits per heavy atom. The number of carboxylic acid groups (broad SMARTS) is 1. The average molecular weight is 1280 g/mol. The number of guanidine groups is 1. The van der Waals surface area contributed by atoms with Crippen LogP contribution in [-0.2, 0) is 62.4 Å². The maximum Gasteiger partial charge on any atom is 0.326 e.